The molecular weight excluding hydrogens is 216 g/mol. The number of hydrogen-bond acceptors (Lipinski definition) is 2. The maximum atomic E-state index is 11.7. The van der Waals surface area contributed by atoms with Crippen LogP contribution >= 0.6 is 0 Å². The van der Waals surface area contributed by atoms with E-state index in [0.717, 1.165) is 6.42 Å². The second-order valence-corrected chi connectivity index (χ2v) is 4.27. The molecule has 16 heavy (non-hydrogen) atoms. The van der Waals surface area contributed by atoms with Crippen LogP contribution < -0.4 is 5.48 Å². The monoisotopic (exact) mass is 235 g/mol. The van der Waals surface area contributed by atoms with Crippen molar-refractivity contribution in [3.8, 4) is 0 Å². The summed E-state index contributed by atoms with van der Waals surface area (Å²) < 4.78 is 23.4. The highest BCUT2D eigenvalue weighted by Gasteiger charge is 2.14. The van der Waals surface area contributed by atoms with Gasteiger partial charge in [0.05, 0.1) is 0 Å². The van der Waals surface area contributed by atoms with E-state index in [1.807, 2.05) is 5.48 Å². The van der Waals surface area contributed by atoms with Gasteiger partial charge in [0, 0.05) is 6.42 Å². The summed E-state index contributed by atoms with van der Waals surface area (Å²) in [5.41, 5.74) is 2.03. The molecule has 1 saturated carbocycles. The number of amides is 1. The lowest BCUT2D eigenvalue weighted by Gasteiger charge is -2.20. The van der Waals surface area contributed by atoms with E-state index < -0.39 is 13.0 Å². The average Bonchev–Trinajstić information content (AvgIpc) is 2.27. The molecule has 0 heterocycles. The molecule has 0 unspecified atom stereocenters. The molecule has 0 aromatic rings. The number of nitrogens with one attached hydrogen (secondary N) is 1. The average molecular weight is 235 g/mol. The molecule has 0 aliphatic heterocycles. The first-order chi connectivity index (χ1) is 7.68. The fourth-order valence-electron chi connectivity index (χ4n) is 2.05. The van der Waals surface area contributed by atoms with Crippen molar-refractivity contribution in [1.29, 1.82) is 0 Å². The predicted octanol–water partition coefficient (Wildman–Crippen LogP) is 2.66. The van der Waals surface area contributed by atoms with Gasteiger partial charge < -0.3 is 0 Å². The highest BCUT2D eigenvalue weighted by molar-refractivity contribution is 5.74. The second-order valence-electron chi connectivity index (χ2n) is 4.27. The molecule has 5 heteroatoms. The van der Waals surface area contributed by atoms with Gasteiger partial charge in [-0.25, -0.2) is 14.3 Å². The summed E-state index contributed by atoms with van der Waals surface area (Å²) in [5.74, 6) is 0.320. The third-order valence-electron chi connectivity index (χ3n) is 2.90. The zero-order chi connectivity index (χ0) is 11.8. The maximum Gasteiger partial charge on any atom is 0.264 e. The van der Waals surface area contributed by atoms with Crippen LogP contribution in [0.2, 0.25) is 0 Å². The summed E-state index contributed by atoms with van der Waals surface area (Å²) >= 11 is 0. The Kier molecular flexibility index (Phi) is 6.30. The zero-order valence-corrected chi connectivity index (χ0v) is 9.38. The van der Waals surface area contributed by atoms with E-state index in [-0.39, 0.29) is 5.91 Å². The van der Waals surface area contributed by atoms with Crippen molar-refractivity contribution in [1.82, 2.24) is 5.48 Å². The highest BCUT2D eigenvalue weighted by atomic mass is 19.3. The summed E-state index contributed by atoms with van der Waals surface area (Å²) in [7, 11) is 0. The Hall–Kier alpha value is -0.710. The van der Waals surface area contributed by atoms with Gasteiger partial charge in [-0.15, -0.1) is 0 Å². The fourth-order valence-corrected chi connectivity index (χ4v) is 2.05. The molecule has 1 aliphatic carbocycles. The summed E-state index contributed by atoms with van der Waals surface area (Å²) in [6.45, 7) is -0.741. The number of carbonyl (C=O) groups is 1. The molecule has 3 nitrogen and oxygen atoms in total. The number of rotatable bonds is 6. The normalized spacial score (nSPS) is 17.7. The third-order valence-corrected chi connectivity index (χ3v) is 2.90. The van der Waals surface area contributed by atoms with Crippen LogP contribution in [0.15, 0.2) is 0 Å². The van der Waals surface area contributed by atoms with Gasteiger partial charge in [-0.05, 0) is 12.3 Å². The molecule has 1 fully saturated rings. The number of alkyl halides is 2. The number of hydroxylamine groups is 1. The second kappa shape index (κ2) is 7.54. The van der Waals surface area contributed by atoms with Crippen molar-refractivity contribution < 1.29 is 18.4 Å². The van der Waals surface area contributed by atoms with Gasteiger partial charge in [-0.2, -0.15) is 0 Å². The Morgan fingerprint density at radius 2 is 2.00 bits per heavy atom. The molecule has 1 N–H and O–H groups in total. The lowest BCUT2D eigenvalue weighted by Crippen LogP contribution is -2.26. The molecule has 0 aromatic heterocycles. The number of hydrogen-bond donors (Lipinski definition) is 1. The van der Waals surface area contributed by atoms with E-state index >= 15 is 0 Å². The minimum absolute atomic E-state index is 0.300. The van der Waals surface area contributed by atoms with Gasteiger partial charge in [0.1, 0.15) is 6.61 Å². The lowest BCUT2D eigenvalue weighted by molar-refractivity contribution is -0.137. The Bertz CT molecular complexity index is 206. The van der Waals surface area contributed by atoms with E-state index in [1.165, 1.54) is 32.1 Å². The smallest absolute Gasteiger partial charge is 0.264 e. The minimum atomic E-state index is -2.54. The predicted molar refractivity (Wildman–Crippen MR) is 55.9 cm³/mol. The van der Waals surface area contributed by atoms with Gasteiger partial charge in [-0.1, -0.05) is 32.1 Å². The zero-order valence-electron chi connectivity index (χ0n) is 9.38. The molecule has 1 amide bonds. The van der Waals surface area contributed by atoms with Gasteiger partial charge in [0.2, 0.25) is 5.91 Å². The Labute approximate surface area is 94.5 Å². The lowest BCUT2D eigenvalue weighted by atomic mass is 9.86. The molecule has 1 aliphatic rings. The quantitative estimate of drug-likeness (QED) is 0.719. The van der Waals surface area contributed by atoms with Crippen molar-refractivity contribution in [2.75, 3.05) is 6.61 Å². The van der Waals surface area contributed by atoms with Crippen LogP contribution in [0.1, 0.15) is 44.9 Å². The largest absolute Gasteiger partial charge is 0.273 e. The van der Waals surface area contributed by atoms with Crippen LogP contribution in [0.25, 0.3) is 0 Å². The summed E-state index contributed by atoms with van der Waals surface area (Å²) in [5, 5.41) is 0. The van der Waals surface area contributed by atoms with E-state index in [0.29, 0.717) is 12.3 Å². The van der Waals surface area contributed by atoms with Crippen molar-refractivity contribution in [3.05, 3.63) is 0 Å². The van der Waals surface area contributed by atoms with Crippen molar-refractivity contribution in [3.63, 3.8) is 0 Å². The molecule has 0 saturated heterocycles. The van der Waals surface area contributed by atoms with Gasteiger partial charge >= 0.3 is 0 Å². The topological polar surface area (TPSA) is 38.3 Å². The maximum absolute atomic E-state index is 11.7. The van der Waals surface area contributed by atoms with E-state index in [9.17, 15) is 13.6 Å². The van der Waals surface area contributed by atoms with E-state index in [4.69, 9.17) is 0 Å². The van der Waals surface area contributed by atoms with Crippen LogP contribution in [-0.2, 0) is 9.63 Å². The Balaban J connectivity index is 2.00. The molecular formula is C11H19F2NO2. The van der Waals surface area contributed by atoms with Crippen LogP contribution in [-0.4, -0.2) is 18.9 Å². The first kappa shape index (κ1) is 13.4. The van der Waals surface area contributed by atoms with Crippen LogP contribution in [0.4, 0.5) is 8.78 Å². The fraction of sp³-hybridized carbons (Fsp3) is 0.909. The highest BCUT2D eigenvalue weighted by Crippen LogP contribution is 2.27. The summed E-state index contributed by atoms with van der Waals surface area (Å²) in [4.78, 5) is 15.5. The van der Waals surface area contributed by atoms with Gasteiger partial charge in [0.25, 0.3) is 6.43 Å². The first-order valence-electron chi connectivity index (χ1n) is 5.87. The van der Waals surface area contributed by atoms with Gasteiger partial charge in [-0.3, -0.25) is 9.63 Å². The Morgan fingerprint density at radius 1 is 1.31 bits per heavy atom. The van der Waals surface area contributed by atoms with E-state index in [1.54, 1.807) is 0 Å². The van der Waals surface area contributed by atoms with Crippen LogP contribution in [0.5, 0.6) is 0 Å². The summed E-state index contributed by atoms with van der Waals surface area (Å²) in [6, 6.07) is 0. The van der Waals surface area contributed by atoms with Crippen LogP contribution in [0, 0.1) is 5.92 Å². The van der Waals surface area contributed by atoms with Crippen molar-refractivity contribution >= 4 is 5.91 Å². The SMILES string of the molecule is O=C(CCC1CCCCC1)NOCC(F)F. The van der Waals surface area contributed by atoms with Gasteiger partial charge in [0.15, 0.2) is 0 Å². The molecule has 94 valence electrons. The number of halogens is 2. The molecule has 0 aromatic carbocycles. The third kappa shape index (κ3) is 6.00. The minimum Gasteiger partial charge on any atom is -0.273 e. The van der Waals surface area contributed by atoms with E-state index in [2.05, 4.69) is 4.84 Å². The first-order valence-corrected chi connectivity index (χ1v) is 5.87. The van der Waals surface area contributed by atoms with Crippen molar-refractivity contribution in [2.24, 2.45) is 5.92 Å². The molecule has 0 spiro atoms. The summed E-state index contributed by atoms with van der Waals surface area (Å²) in [6.07, 6.45) is 4.81. The molecule has 0 radical (unpaired) electrons. The molecule has 0 bridgehead atoms. The molecule has 1 rings (SSSR count). The van der Waals surface area contributed by atoms with Crippen molar-refractivity contribution in [2.45, 2.75) is 51.4 Å². The molecule has 0 atom stereocenters. The standard InChI is InChI=1S/C11H19F2NO2/c12-10(13)8-16-14-11(15)7-6-9-4-2-1-3-5-9/h9-10H,1-8H2,(H,14,15). The Morgan fingerprint density at radius 3 is 2.62 bits per heavy atom. The number of carbonyl (C=O) groups excluding carboxylic acids is 1. The van der Waals surface area contributed by atoms with Crippen LogP contribution in [0.3, 0.4) is 0 Å².